The van der Waals surface area contributed by atoms with Crippen molar-refractivity contribution in [3.05, 3.63) is 29.6 Å². The molecule has 4 heteroatoms. The average molecular weight is 266 g/mol. The molecule has 1 rings (SSSR count). The normalized spacial score (nSPS) is 13.2. The van der Waals surface area contributed by atoms with E-state index >= 15 is 0 Å². The summed E-state index contributed by atoms with van der Waals surface area (Å²) in [6.07, 6.45) is 1.01. The van der Waals surface area contributed by atoms with Crippen molar-refractivity contribution in [2.45, 2.75) is 46.6 Å². The first-order valence-corrected chi connectivity index (χ1v) is 6.49. The molecule has 3 nitrogen and oxygen atoms in total. The SMILES string of the molecule is Cc1c(F)cccc1NC(=O)CC(N)CC(C)(C)C. The molecular formula is C15H23FN2O. The fourth-order valence-corrected chi connectivity index (χ4v) is 2.04. The van der Waals surface area contributed by atoms with Gasteiger partial charge >= 0.3 is 0 Å². The van der Waals surface area contributed by atoms with Gasteiger partial charge in [0, 0.05) is 23.7 Å². The maximum absolute atomic E-state index is 13.3. The third-order valence-electron chi connectivity index (χ3n) is 2.86. The van der Waals surface area contributed by atoms with E-state index in [9.17, 15) is 9.18 Å². The zero-order chi connectivity index (χ0) is 14.6. The summed E-state index contributed by atoms with van der Waals surface area (Å²) < 4.78 is 13.3. The van der Waals surface area contributed by atoms with Crippen LogP contribution in [0, 0.1) is 18.2 Å². The van der Waals surface area contributed by atoms with Crippen molar-refractivity contribution >= 4 is 11.6 Å². The minimum absolute atomic E-state index is 0.0917. The lowest BCUT2D eigenvalue weighted by molar-refractivity contribution is -0.116. The van der Waals surface area contributed by atoms with Crippen molar-refractivity contribution < 1.29 is 9.18 Å². The smallest absolute Gasteiger partial charge is 0.225 e. The zero-order valence-electron chi connectivity index (χ0n) is 12.1. The molecule has 0 saturated heterocycles. The topological polar surface area (TPSA) is 55.1 Å². The van der Waals surface area contributed by atoms with Crippen LogP contribution in [0.25, 0.3) is 0 Å². The molecule has 0 fully saturated rings. The molecule has 1 aromatic rings. The van der Waals surface area contributed by atoms with E-state index in [0.717, 1.165) is 6.42 Å². The predicted octanol–water partition coefficient (Wildman–Crippen LogP) is 3.23. The fourth-order valence-electron chi connectivity index (χ4n) is 2.04. The molecule has 0 heterocycles. The van der Waals surface area contributed by atoms with Crippen molar-refractivity contribution in [2.24, 2.45) is 11.1 Å². The average Bonchev–Trinajstić information content (AvgIpc) is 2.21. The Morgan fingerprint density at radius 1 is 1.42 bits per heavy atom. The van der Waals surface area contributed by atoms with Gasteiger partial charge in [-0.05, 0) is 30.9 Å². The van der Waals surface area contributed by atoms with E-state index in [2.05, 4.69) is 26.1 Å². The number of halogens is 1. The number of amides is 1. The monoisotopic (exact) mass is 266 g/mol. The second kappa shape index (κ2) is 6.15. The molecule has 1 amide bonds. The Bertz CT molecular complexity index is 452. The van der Waals surface area contributed by atoms with E-state index in [1.807, 2.05) is 0 Å². The lowest BCUT2D eigenvalue weighted by Crippen LogP contribution is -2.31. The van der Waals surface area contributed by atoms with Gasteiger partial charge in [-0.15, -0.1) is 0 Å². The van der Waals surface area contributed by atoms with Crippen molar-refractivity contribution in [3.63, 3.8) is 0 Å². The maximum Gasteiger partial charge on any atom is 0.225 e. The Morgan fingerprint density at radius 2 is 2.05 bits per heavy atom. The molecule has 0 saturated carbocycles. The molecule has 19 heavy (non-hydrogen) atoms. The standard InChI is InChI=1S/C15H23FN2O/c1-10-12(16)6-5-7-13(10)18-14(19)8-11(17)9-15(2,3)4/h5-7,11H,8-9,17H2,1-4H3,(H,18,19). The molecule has 0 spiro atoms. The van der Waals surface area contributed by atoms with Crippen LogP contribution in [0.2, 0.25) is 0 Å². The number of hydrogen-bond acceptors (Lipinski definition) is 2. The molecule has 0 aliphatic heterocycles. The Hall–Kier alpha value is -1.42. The number of hydrogen-bond donors (Lipinski definition) is 2. The van der Waals surface area contributed by atoms with Crippen molar-refractivity contribution in [1.82, 2.24) is 0 Å². The number of carbonyl (C=O) groups excluding carboxylic acids is 1. The number of anilines is 1. The van der Waals surface area contributed by atoms with E-state index in [-0.39, 0.29) is 29.6 Å². The van der Waals surface area contributed by atoms with Gasteiger partial charge in [-0.1, -0.05) is 26.8 Å². The van der Waals surface area contributed by atoms with Gasteiger partial charge in [-0.2, -0.15) is 0 Å². The molecule has 0 radical (unpaired) electrons. The molecule has 106 valence electrons. The van der Waals surface area contributed by atoms with Crippen molar-refractivity contribution in [2.75, 3.05) is 5.32 Å². The minimum atomic E-state index is -0.322. The zero-order valence-corrected chi connectivity index (χ0v) is 12.1. The van der Waals surface area contributed by atoms with E-state index in [0.29, 0.717) is 11.3 Å². The molecular weight excluding hydrogens is 243 g/mol. The summed E-state index contributed by atoms with van der Waals surface area (Å²) in [4.78, 5) is 11.9. The first-order chi connectivity index (χ1) is 8.69. The molecule has 0 aromatic heterocycles. The van der Waals surface area contributed by atoms with Gasteiger partial charge in [0.15, 0.2) is 0 Å². The third-order valence-corrected chi connectivity index (χ3v) is 2.86. The van der Waals surface area contributed by atoms with E-state index in [1.54, 1.807) is 19.1 Å². The fraction of sp³-hybridized carbons (Fsp3) is 0.533. The summed E-state index contributed by atoms with van der Waals surface area (Å²) in [5, 5.41) is 2.71. The summed E-state index contributed by atoms with van der Waals surface area (Å²) in [7, 11) is 0. The Labute approximate surface area is 114 Å². The van der Waals surface area contributed by atoms with Crippen LogP contribution in [0.15, 0.2) is 18.2 Å². The van der Waals surface area contributed by atoms with E-state index < -0.39 is 0 Å². The van der Waals surface area contributed by atoms with Crippen molar-refractivity contribution in [3.8, 4) is 0 Å². The maximum atomic E-state index is 13.3. The van der Waals surface area contributed by atoms with Gasteiger partial charge in [-0.25, -0.2) is 4.39 Å². The molecule has 1 atom stereocenters. The molecule has 3 N–H and O–H groups in total. The predicted molar refractivity (Wildman–Crippen MR) is 76.4 cm³/mol. The van der Waals surface area contributed by atoms with Crippen LogP contribution < -0.4 is 11.1 Å². The molecule has 1 unspecified atom stereocenters. The quantitative estimate of drug-likeness (QED) is 0.879. The number of nitrogens with two attached hydrogens (primary N) is 1. The Balaban J connectivity index is 2.58. The van der Waals surface area contributed by atoms with Crippen LogP contribution in [-0.2, 0) is 4.79 Å². The van der Waals surface area contributed by atoms with Crippen molar-refractivity contribution in [1.29, 1.82) is 0 Å². The number of benzene rings is 1. The minimum Gasteiger partial charge on any atom is -0.327 e. The molecule has 1 aromatic carbocycles. The lowest BCUT2D eigenvalue weighted by Gasteiger charge is -2.22. The molecule has 0 aliphatic carbocycles. The summed E-state index contributed by atoms with van der Waals surface area (Å²) in [6, 6.07) is 4.45. The number of nitrogens with one attached hydrogen (secondary N) is 1. The molecule has 0 bridgehead atoms. The van der Waals surface area contributed by atoms with Gasteiger partial charge in [0.1, 0.15) is 5.82 Å². The largest absolute Gasteiger partial charge is 0.327 e. The van der Waals surface area contributed by atoms with E-state index in [1.165, 1.54) is 6.07 Å². The van der Waals surface area contributed by atoms with Crippen LogP contribution >= 0.6 is 0 Å². The van der Waals surface area contributed by atoms with Crippen LogP contribution in [0.1, 0.15) is 39.2 Å². The van der Waals surface area contributed by atoms with Crippen LogP contribution in [0.3, 0.4) is 0 Å². The third kappa shape index (κ3) is 5.39. The van der Waals surface area contributed by atoms with E-state index in [4.69, 9.17) is 5.73 Å². The summed E-state index contributed by atoms with van der Waals surface area (Å²) >= 11 is 0. The lowest BCUT2D eigenvalue weighted by atomic mass is 9.87. The second-order valence-electron chi connectivity index (χ2n) is 6.19. The van der Waals surface area contributed by atoms with Gasteiger partial charge < -0.3 is 11.1 Å². The highest BCUT2D eigenvalue weighted by Crippen LogP contribution is 2.22. The van der Waals surface area contributed by atoms with Crippen LogP contribution in [-0.4, -0.2) is 11.9 Å². The second-order valence-corrected chi connectivity index (χ2v) is 6.19. The van der Waals surface area contributed by atoms with Gasteiger partial charge in [0.2, 0.25) is 5.91 Å². The highest BCUT2D eigenvalue weighted by Gasteiger charge is 2.18. The summed E-state index contributed by atoms with van der Waals surface area (Å²) in [5.41, 5.74) is 6.99. The molecule has 0 aliphatic rings. The summed E-state index contributed by atoms with van der Waals surface area (Å²) in [6.45, 7) is 7.89. The van der Waals surface area contributed by atoms with Crippen LogP contribution in [0.5, 0.6) is 0 Å². The Morgan fingerprint density at radius 3 is 2.63 bits per heavy atom. The number of carbonyl (C=O) groups is 1. The highest BCUT2D eigenvalue weighted by atomic mass is 19.1. The summed E-state index contributed by atoms with van der Waals surface area (Å²) in [5.74, 6) is -0.498. The first kappa shape index (κ1) is 15.6. The highest BCUT2D eigenvalue weighted by molar-refractivity contribution is 5.91. The number of rotatable bonds is 4. The first-order valence-electron chi connectivity index (χ1n) is 6.49. The van der Waals surface area contributed by atoms with Crippen LogP contribution in [0.4, 0.5) is 10.1 Å². The Kier molecular flexibility index (Phi) is 5.06. The van der Waals surface area contributed by atoms with Gasteiger partial charge in [0.25, 0.3) is 0 Å². The van der Waals surface area contributed by atoms with Gasteiger partial charge in [0.05, 0.1) is 0 Å². The van der Waals surface area contributed by atoms with Gasteiger partial charge in [-0.3, -0.25) is 4.79 Å².